The largest absolute Gasteiger partial charge is 0.326 e. The van der Waals surface area contributed by atoms with Crippen LogP contribution in [0.25, 0.3) is 0 Å². The molecule has 19 heavy (non-hydrogen) atoms. The van der Waals surface area contributed by atoms with Crippen LogP contribution < -0.4 is 0 Å². The summed E-state index contributed by atoms with van der Waals surface area (Å²) < 4.78 is 15.0. The number of carbonyl (C=O) groups excluding carboxylic acids is 1. The summed E-state index contributed by atoms with van der Waals surface area (Å²) in [4.78, 5) is 16.1. The Kier molecular flexibility index (Phi) is 4.61. The Balaban J connectivity index is 2.03. The number of carbonyl (C=O) groups is 1. The number of Topliss-reactive ketones (excluding diaryl/α,β-unsaturated/α-hetero) is 1. The van der Waals surface area contributed by atoms with Gasteiger partial charge in [0, 0.05) is 24.5 Å². The van der Waals surface area contributed by atoms with Crippen LogP contribution in [0.4, 0.5) is 4.39 Å². The van der Waals surface area contributed by atoms with Gasteiger partial charge in [-0.3, -0.25) is 4.79 Å². The number of ketones is 1. The number of aromatic nitrogens is 2. The Morgan fingerprint density at radius 1 is 1.53 bits per heavy atom. The number of halogens is 2. The summed E-state index contributed by atoms with van der Waals surface area (Å²) in [7, 11) is 0. The van der Waals surface area contributed by atoms with Crippen molar-refractivity contribution in [2.24, 2.45) is 0 Å². The molecule has 0 saturated heterocycles. The Morgan fingerprint density at radius 3 is 3.00 bits per heavy atom. The zero-order valence-corrected chi connectivity index (χ0v) is 11.8. The van der Waals surface area contributed by atoms with Gasteiger partial charge in [-0.1, -0.05) is 23.4 Å². The zero-order valence-electron chi connectivity index (χ0n) is 10.3. The van der Waals surface area contributed by atoms with Crippen molar-refractivity contribution < 1.29 is 9.18 Å². The van der Waals surface area contributed by atoms with Crippen molar-refractivity contribution >= 4 is 29.1 Å². The molecule has 1 aromatic heterocycles. The number of aryl methyl sites for hydroxylation is 1. The summed E-state index contributed by atoms with van der Waals surface area (Å²) >= 11 is 7.01. The third-order valence-electron chi connectivity index (χ3n) is 2.59. The molecule has 0 radical (unpaired) electrons. The summed E-state index contributed by atoms with van der Waals surface area (Å²) in [6, 6.07) is 4.00. The van der Waals surface area contributed by atoms with E-state index < -0.39 is 5.82 Å². The third kappa shape index (κ3) is 3.36. The average molecular weight is 299 g/mol. The normalized spacial score (nSPS) is 10.7. The number of hydrogen-bond acceptors (Lipinski definition) is 3. The van der Waals surface area contributed by atoms with Gasteiger partial charge in [-0.2, -0.15) is 0 Å². The molecule has 0 amide bonds. The molecule has 0 bridgehead atoms. The number of hydrogen-bond donors (Lipinski definition) is 0. The molecule has 0 aliphatic carbocycles. The predicted molar refractivity (Wildman–Crippen MR) is 74.4 cm³/mol. The van der Waals surface area contributed by atoms with Gasteiger partial charge in [0.1, 0.15) is 5.82 Å². The molecule has 0 aliphatic rings. The topological polar surface area (TPSA) is 34.9 Å². The lowest BCUT2D eigenvalue weighted by Crippen LogP contribution is -2.04. The highest BCUT2D eigenvalue weighted by Gasteiger charge is 2.11. The SMILES string of the molecule is CCn1ccnc1SCC(=O)c1ccc(F)c(Cl)c1. The molecule has 0 N–H and O–H groups in total. The lowest BCUT2D eigenvalue weighted by molar-refractivity contribution is 0.102. The summed E-state index contributed by atoms with van der Waals surface area (Å²) in [5, 5.41) is 0.759. The van der Waals surface area contributed by atoms with Crippen LogP contribution in [-0.4, -0.2) is 21.1 Å². The molecule has 0 atom stereocenters. The molecular weight excluding hydrogens is 287 g/mol. The van der Waals surface area contributed by atoms with Crippen LogP contribution in [0, 0.1) is 5.82 Å². The molecule has 3 nitrogen and oxygen atoms in total. The van der Waals surface area contributed by atoms with E-state index in [1.54, 1.807) is 6.20 Å². The van der Waals surface area contributed by atoms with Gasteiger partial charge < -0.3 is 4.57 Å². The van der Waals surface area contributed by atoms with Crippen molar-refractivity contribution in [2.75, 3.05) is 5.75 Å². The molecule has 0 saturated carbocycles. The van der Waals surface area contributed by atoms with Gasteiger partial charge in [-0.05, 0) is 25.1 Å². The highest BCUT2D eigenvalue weighted by atomic mass is 35.5. The van der Waals surface area contributed by atoms with Crippen molar-refractivity contribution in [1.82, 2.24) is 9.55 Å². The van der Waals surface area contributed by atoms with Crippen LogP contribution in [0.15, 0.2) is 35.7 Å². The van der Waals surface area contributed by atoms with Gasteiger partial charge in [0.25, 0.3) is 0 Å². The molecule has 100 valence electrons. The quantitative estimate of drug-likeness (QED) is 0.624. The van der Waals surface area contributed by atoms with Crippen LogP contribution in [0.2, 0.25) is 5.02 Å². The molecule has 0 fully saturated rings. The Labute approximate surface area is 119 Å². The number of imidazole rings is 1. The van der Waals surface area contributed by atoms with E-state index in [0.717, 1.165) is 11.7 Å². The Hall–Kier alpha value is -1.33. The van der Waals surface area contributed by atoms with Crippen LogP contribution in [0.3, 0.4) is 0 Å². The fourth-order valence-electron chi connectivity index (χ4n) is 1.56. The minimum atomic E-state index is -0.521. The maximum Gasteiger partial charge on any atom is 0.173 e. The van der Waals surface area contributed by atoms with Crippen molar-refractivity contribution in [2.45, 2.75) is 18.6 Å². The number of benzene rings is 1. The summed E-state index contributed by atoms with van der Waals surface area (Å²) in [5.74, 6) is -0.371. The lowest BCUT2D eigenvalue weighted by Gasteiger charge is -2.04. The first kappa shape index (κ1) is 14.1. The molecular formula is C13H12ClFN2OS. The van der Waals surface area contributed by atoms with Gasteiger partial charge in [-0.25, -0.2) is 9.37 Å². The molecule has 0 aliphatic heterocycles. The van der Waals surface area contributed by atoms with E-state index in [-0.39, 0.29) is 16.6 Å². The average Bonchev–Trinajstić information content (AvgIpc) is 2.86. The lowest BCUT2D eigenvalue weighted by atomic mass is 10.1. The molecule has 0 spiro atoms. The van der Waals surface area contributed by atoms with E-state index in [2.05, 4.69) is 4.98 Å². The highest BCUT2D eigenvalue weighted by Crippen LogP contribution is 2.20. The first-order valence-corrected chi connectivity index (χ1v) is 7.10. The minimum Gasteiger partial charge on any atom is -0.326 e. The van der Waals surface area contributed by atoms with Crippen molar-refractivity contribution in [3.63, 3.8) is 0 Å². The van der Waals surface area contributed by atoms with Crippen LogP contribution in [0.1, 0.15) is 17.3 Å². The molecule has 1 heterocycles. The molecule has 2 aromatic rings. The first-order chi connectivity index (χ1) is 9.11. The van der Waals surface area contributed by atoms with Crippen molar-refractivity contribution in [1.29, 1.82) is 0 Å². The second-order valence-corrected chi connectivity index (χ2v) is 5.19. The van der Waals surface area contributed by atoms with E-state index in [9.17, 15) is 9.18 Å². The molecule has 2 rings (SSSR count). The van der Waals surface area contributed by atoms with Crippen LogP contribution in [0.5, 0.6) is 0 Å². The van der Waals surface area contributed by atoms with Gasteiger partial charge in [-0.15, -0.1) is 0 Å². The fourth-order valence-corrected chi connectivity index (χ4v) is 2.66. The first-order valence-electron chi connectivity index (χ1n) is 5.74. The number of thioether (sulfide) groups is 1. The number of rotatable bonds is 5. The van der Waals surface area contributed by atoms with Crippen molar-refractivity contribution in [3.05, 3.63) is 47.0 Å². The monoisotopic (exact) mass is 298 g/mol. The van der Waals surface area contributed by atoms with E-state index in [1.807, 2.05) is 17.7 Å². The van der Waals surface area contributed by atoms with Crippen LogP contribution >= 0.6 is 23.4 Å². The summed E-state index contributed by atoms with van der Waals surface area (Å²) in [5.41, 5.74) is 0.411. The zero-order chi connectivity index (χ0) is 13.8. The van der Waals surface area contributed by atoms with Gasteiger partial charge >= 0.3 is 0 Å². The van der Waals surface area contributed by atoms with Crippen LogP contribution in [-0.2, 0) is 6.54 Å². The smallest absolute Gasteiger partial charge is 0.173 e. The minimum absolute atomic E-state index is 0.0362. The van der Waals surface area contributed by atoms with E-state index in [1.165, 1.54) is 30.0 Å². The van der Waals surface area contributed by atoms with Gasteiger partial charge in [0.2, 0.25) is 0 Å². The third-order valence-corrected chi connectivity index (χ3v) is 3.89. The Morgan fingerprint density at radius 2 is 2.32 bits per heavy atom. The second-order valence-electron chi connectivity index (χ2n) is 3.84. The van der Waals surface area contributed by atoms with E-state index >= 15 is 0 Å². The summed E-state index contributed by atoms with van der Waals surface area (Å²) in [6.07, 6.45) is 3.56. The standard InChI is InChI=1S/C13H12ClFN2OS/c1-2-17-6-5-16-13(17)19-8-12(18)9-3-4-11(15)10(14)7-9/h3-7H,2,8H2,1H3. The number of nitrogens with zero attached hydrogens (tertiary/aromatic N) is 2. The van der Waals surface area contributed by atoms with E-state index in [4.69, 9.17) is 11.6 Å². The summed E-state index contributed by atoms with van der Waals surface area (Å²) in [6.45, 7) is 2.81. The van der Waals surface area contributed by atoms with Gasteiger partial charge in [0.05, 0.1) is 10.8 Å². The van der Waals surface area contributed by atoms with Gasteiger partial charge in [0.15, 0.2) is 10.9 Å². The Bertz CT molecular complexity index is 600. The second kappa shape index (κ2) is 6.21. The molecule has 1 aromatic carbocycles. The molecule has 0 unspecified atom stereocenters. The van der Waals surface area contributed by atoms with Crippen molar-refractivity contribution in [3.8, 4) is 0 Å². The maximum atomic E-state index is 13.0. The molecule has 6 heteroatoms. The van der Waals surface area contributed by atoms with E-state index in [0.29, 0.717) is 5.56 Å². The maximum absolute atomic E-state index is 13.0. The fraction of sp³-hybridized carbons (Fsp3) is 0.231. The highest BCUT2D eigenvalue weighted by molar-refractivity contribution is 7.99. The predicted octanol–water partition coefficient (Wildman–Crippen LogP) is 3.67.